The molecule has 0 radical (unpaired) electrons. The van der Waals surface area contributed by atoms with E-state index in [0.717, 1.165) is 11.1 Å². The third kappa shape index (κ3) is 4.01. The van der Waals surface area contributed by atoms with Crippen LogP contribution in [0.25, 0.3) is 0 Å². The van der Waals surface area contributed by atoms with Crippen LogP contribution < -0.4 is 5.32 Å². The summed E-state index contributed by atoms with van der Waals surface area (Å²) >= 11 is 0. The van der Waals surface area contributed by atoms with Crippen molar-refractivity contribution in [1.29, 1.82) is 0 Å². The lowest BCUT2D eigenvalue weighted by Gasteiger charge is -2.35. The molecule has 0 aliphatic carbocycles. The van der Waals surface area contributed by atoms with Crippen molar-refractivity contribution in [1.82, 2.24) is 14.5 Å². The first-order chi connectivity index (χ1) is 11.9. The molecule has 2 amide bonds. The minimum absolute atomic E-state index is 0.0215. The number of nitrogens with zero attached hydrogens (tertiary/aromatic N) is 2. The van der Waals surface area contributed by atoms with Crippen molar-refractivity contribution in [2.24, 2.45) is 0 Å². The largest absolute Gasteiger partial charge is 0.344 e. The molecular formula is C17H23N3O4S. The van der Waals surface area contributed by atoms with Crippen molar-refractivity contribution < 1.29 is 18.0 Å². The Hall–Kier alpha value is -1.93. The van der Waals surface area contributed by atoms with Gasteiger partial charge in [-0.2, -0.15) is 4.31 Å². The van der Waals surface area contributed by atoms with Crippen LogP contribution in [0.4, 0.5) is 0 Å². The molecule has 1 N–H and O–H groups in total. The fourth-order valence-corrected chi connectivity index (χ4v) is 4.89. The summed E-state index contributed by atoms with van der Waals surface area (Å²) in [5.74, 6) is -0.230. The van der Waals surface area contributed by atoms with Gasteiger partial charge in [0.05, 0.1) is 5.75 Å². The van der Waals surface area contributed by atoms with E-state index < -0.39 is 16.1 Å². The molecule has 25 heavy (non-hydrogen) atoms. The van der Waals surface area contributed by atoms with Crippen LogP contribution in [0.2, 0.25) is 0 Å². The Morgan fingerprint density at radius 2 is 1.88 bits per heavy atom. The molecule has 2 aliphatic rings. The Bertz CT molecular complexity index is 770. The standard InChI is InChI=1S/C17H23N3O4S/c1-13-4-2-3-5-14(13)12-25(23,24)20-10-8-19(9-11-20)17(22)15-6-7-16(21)18-15/h2-5,15H,6-12H2,1H3,(H,18,21). The summed E-state index contributed by atoms with van der Waals surface area (Å²) in [4.78, 5) is 25.3. The van der Waals surface area contributed by atoms with Crippen molar-refractivity contribution in [3.63, 3.8) is 0 Å². The molecule has 1 unspecified atom stereocenters. The van der Waals surface area contributed by atoms with Crippen molar-refractivity contribution in [3.8, 4) is 0 Å². The molecule has 2 saturated heterocycles. The fourth-order valence-electron chi connectivity index (χ4n) is 3.27. The first-order valence-electron chi connectivity index (χ1n) is 8.47. The molecule has 0 saturated carbocycles. The van der Waals surface area contributed by atoms with Gasteiger partial charge in [-0.05, 0) is 24.5 Å². The molecule has 1 aromatic carbocycles. The summed E-state index contributed by atoms with van der Waals surface area (Å²) in [5.41, 5.74) is 1.76. The van der Waals surface area contributed by atoms with Gasteiger partial charge in [-0.3, -0.25) is 9.59 Å². The van der Waals surface area contributed by atoms with Gasteiger partial charge >= 0.3 is 0 Å². The van der Waals surface area contributed by atoms with E-state index in [9.17, 15) is 18.0 Å². The second-order valence-electron chi connectivity index (χ2n) is 6.57. The number of carbonyl (C=O) groups is 2. The van der Waals surface area contributed by atoms with Crippen LogP contribution >= 0.6 is 0 Å². The quantitative estimate of drug-likeness (QED) is 0.829. The van der Waals surface area contributed by atoms with E-state index in [2.05, 4.69) is 5.32 Å². The first kappa shape index (κ1) is 17.9. The average molecular weight is 365 g/mol. The second-order valence-corrected chi connectivity index (χ2v) is 8.53. The number of amides is 2. The molecule has 3 rings (SSSR count). The summed E-state index contributed by atoms with van der Waals surface area (Å²) in [6.07, 6.45) is 0.893. The molecule has 0 spiro atoms. The molecule has 2 heterocycles. The molecule has 7 nitrogen and oxygen atoms in total. The van der Waals surface area contributed by atoms with Crippen LogP contribution in [0.1, 0.15) is 24.0 Å². The molecule has 0 aromatic heterocycles. The van der Waals surface area contributed by atoms with Crippen LogP contribution in [0.5, 0.6) is 0 Å². The van der Waals surface area contributed by atoms with Gasteiger partial charge in [0.25, 0.3) is 0 Å². The number of rotatable bonds is 4. The lowest BCUT2D eigenvalue weighted by Crippen LogP contribution is -2.54. The van der Waals surface area contributed by atoms with Crippen molar-refractivity contribution in [2.45, 2.75) is 31.6 Å². The van der Waals surface area contributed by atoms with Crippen molar-refractivity contribution >= 4 is 21.8 Å². The van der Waals surface area contributed by atoms with Crippen LogP contribution in [-0.4, -0.2) is 61.7 Å². The fraction of sp³-hybridized carbons (Fsp3) is 0.529. The van der Waals surface area contributed by atoms with E-state index in [-0.39, 0.29) is 17.6 Å². The van der Waals surface area contributed by atoms with E-state index in [1.165, 1.54) is 4.31 Å². The van der Waals surface area contributed by atoms with Gasteiger partial charge in [0.1, 0.15) is 6.04 Å². The predicted molar refractivity (Wildman–Crippen MR) is 93.1 cm³/mol. The number of nitrogens with one attached hydrogen (secondary N) is 1. The summed E-state index contributed by atoms with van der Waals surface area (Å²) in [6, 6.07) is 7.00. The molecular weight excluding hydrogens is 342 g/mol. The van der Waals surface area contributed by atoms with E-state index in [0.29, 0.717) is 39.0 Å². The van der Waals surface area contributed by atoms with Crippen molar-refractivity contribution in [2.75, 3.05) is 26.2 Å². The number of piperazine rings is 1. The lowest BCUT2D eigenvalue weighted by atomic mass is 10.1. The van der Waals surface area contributed by atoms with E-state index in [4.69, 9.17) is 0 Å². The average Bonchev–Trinajstić information content (AvgIpc) is 3.03. The smallest absolute Gasteiger partial charge is 0.245 e. The molecule has 136 valence electrons. The Kier molecular flexibility index (Phi) is 5.10. The third-order valence-electron chi connectivity index (χ3n) is 4.84. The van der Waals surface area contributed by atoms with Gasteiger partial charge in [-0.1, -0.05) is 24.3 Å². The van der Waals surface area contributed by atoms with Gasteiger partial charge in [0.15, 0.2) is 0 Å². The molecule has 1 atom stereocenters. The minimum atomic E-state index is -3.41. The molecule has 1 aromatic rings. The number of carbonyl (C=O) groups excluding carboxylic acids is 2. The summed E-state index contributed by atoms with van der Waals surface area (Å²) in [6.45, 7) is 3.20. The second kappa shape index (κ2) is 7.13. The summed E-state index contributed by atoms with van der Waals surface area (Å²) in [7, 11) is -3.41. The zero-order valence-corrected chi connectivity index (χ0v) is 15.1. The Balaban J connectivity index is 1.59. The maximum Gasteiger partial charge on any atom is 0.245 e. The van der Waals surface area contributed by atoms with Crippen molar-refractivity contribution in [3.05, 3.63) is 35.4 Å². The van der Waals surface area contributed by atoms with Gasteiger partial charge in [-0.15, -0.1) is 0 Å². The SMILES string of the molecule is Cc1ccccc1CS(=O)(=O)N1CCN(C(=O)C2CCC(=O)N2)CC1. The molecule has 8 heteroatoms. The predicted octanol–water partition coefficient (Wildman–Crippen LogP) is 0.248. The zero-order chi connectivity index (χ0) is 18.0. The molecule has 2 fully saturated rings. The topological polar surface area (TPSA) is 86.8 Å². The Morgan fingerprint density at radius 3 is 2.48 bits per heavy atom. The highest BCUT2D eigenvalue weighted by Crippen LogP contribution is 2.17. The minimum Gasteiger partial charge on any atom is -0.344 e. The summed E-state index contributed by atoms with van der Waals surface area (Å²) in [5, 5.41) is 2.67. The maximum absolute atomic E-state index is 12.6. The number of sulfonamides is 1. The zero-order valence-electron chi connectivity index (χ0n) is 14.3. The van der Waals surface area contributed by atoms with Gasteiger partial charge in [-0.25, -0.2) is 8.42 Å². The Morgan fingerprint density at radius 1 is 1.20 bits per heavy atom. The first-order valence-corrected chi connectivity index (χ1v) is 10.1. The highest BCUT2D eigenvalue weighted by atomic mass is 32.2. The monoisotopic (exact) mass is 365 g/mol. The van der Waals surface area contributed by atoms with Crippen LogP contribution in [0.3, 0.4) is 0 Å². The van der Waals surface area contributed by atoms with E-state index in [1.54, 1.807) is 4.90 Å². The molecule has 0 bridgehead atoms. The molecule has 2 aliphatic heterocycles. The highest BCUT2D eigenvalue weighted by Gasteiger charge is 2.34. The van der Waals surface area contributed by atoms with Crippen LogP contribution in [-0.2, 0) is 25.4 Å². The van der Waals surface area contributed by atoms with E-state index in [1.807, 2.05) is 31.2 Å². The lowest BCUT2D eigenvalue weighted by molar-refractivity contribution is -0.135. The van der Waals surface area contributed by atoms with E-state index >= 15 is 0 Å². The third-order valence-corrected chi connectivity index (χ3v) is 6.66. The highest BCUT2D eigenvalue weighted by molar-refractivity contribution is 7.88. The van der Waals surface area contributed by atoms with Gasteiger partial charge < -0.3 is 10.2 Å². The Labute approximate surface area is 148 Å². The van der Waals surface area contributed by atoms with Crippen LogP contribution in [0.15, 0.2) is 24.3 Å². The maximum atomic E-state index is 12.6. The number of hydrogen-bond acceptors (Lipinski definition) is 4. The van der Waals surface area contributed by atoms with Gasteiger partial charge in [0.2, 0.25) is 21.8 Å². The normalized spacial score (nSPS) is 22.0. The van der Waals surface area contributed by atoms with Gasteiger partial charge in [0, 0.05) is 32.6 Å². The number of benzene rings is 1. The van der Waals surface area contributed by atoms with Crippen LogP contribution in [0, 0.1) is 6.92 Å². The number of hydrogen-bond donors (Lipinski definition) is 1. The number of aryl methyl sites for hydroxylation is 1. The summed E-state index contributed by atoms with van der Waals surface area (Å²) < 4.78 is 26.8.